The van der Waals surface area contributed by atoms with E-state index < -0.39 is 0 Å². The molecule has 1 aliphatic rings. The zero-order valence-corrected chi connectivity index (χ0v) is 31.8. The molecule has 0 N–H and O–H groups in total. The van der Waals surface area contributed by atoms with E-state index in [0.29, 0.717) is 0 Å². The molecule has 0 atom stereocenters. The Morgan fingerprint density at radius 1 is 0.407 bits per heavy atom. The van der Waals surface area contributed by atoms with Gasteiger partial charge in [-0.25, -0.2) is 0 Å². The first kappa shape index (κ1) is 32.6. The molecule has 0 saturated carbocycles. The summed E-state index contributed by atoms with van der Waals surface area (Å²) in [6.45, 7) is 13.5. The van der Waals surface area contributed by atoms with Gasteiger partial charge in [-0.2, -0.15) is 0 Å². The molecule has 3 heterocycles. The Bertz CT molecular complexity index is 2650. The fourth-order valence-corrected chi connectivity index (χ4v) is 8.84. The highest BCUT2D eigenvalue weighted by Gasteiger charge is 2.38. The lowest BCUT2D eigenvalue weighted by Crippen LogP contribution is -2.57. The quantitative estimate of drug-likeness (QED) is 0.168. The average Bonchev–Trinajstić information content (AvgIpc) is 3.69. The summed E-state index contributed by atoms with van der Waals surface area (Å²) in [6.07, 6.45) is 0. The Hall–Kier alpha value is -6.00. The van der Waals surface area contributed by atoms with Crippen LogP contribution in [0.2, 0.25) is 0 Å². The van der Waals surface area contributed by atoms with Crippen LogP contribution in [0.1, 0.15) is 52.7 Å². The zero-order valence-electron chi connectivity index (χ0n) is 31.8. The van der Waals surface area contributed by atoms with Crippen LogP contribution in [0.15, 0.2) is 152 Å². The van der Waals surface area contributed by atoms with Crippen molar-refractivity contribution in [3.8, 4) is 22.9 Å². The molecule has 0 fully saturated rings. The van der Waals surface area contributed by atoms with Crippen molar-refractivity contribution in [2.45, 2.75) is 52.4 Å². The molecule has 2 aromatic heterocycles. The number of aromatic nitrogens is 2. The van der Waals surface area contributed by atoms with Crippen LogP contribution >= 0.6 is 0 Å². The van der Waals surface area contributed by atoms with Crippen molar-refractivity contribution in [1.29, 1.82) is 0 Å². The topological polar surface area (TPSA) is 19.1 Å². The fraction of sp³-hybridized carbons (Fsp3) is 0.160. The highest BCUT2D eigenvalue weighted by Crippen LogP contribution is 2.38. The molecule has 0 aliphatic carbocycles. The van der Waals surface area contributed by atoms with E-state index in [2.05, 4.69) is 202 Å². The molecular weight excluding hydrogens is 655 g/mol. The van der Waals surface area contributed by atoms with Crippen molar-refractivity contribution in [3.05, 3.63) is 163 Å². The van der Waals surface area contributed by atoms with Gasteiger partial charge in [0, 0.05) is 32.9 Å². The second kappa shape index (κ2) is 11.8. The van der Waals surface area contributed by atoms with E-state index >= 15 is 0 Å². The predicted molar refractivity (Wildman–Crippen MR) is 230 cm³/mol. The first-order valence-electron chi connectivity index (χ1n) is 19.1. The Balaban J connectivity index is 1.39. The highest BCUT2D eigenvalue weighted by molar-refractivity contribution is 6.98. The molecule has 0 spiro atoms. The summed E-state index contributed by atoms with van der Waals surface area (Å²) in [7, 11) is 0. The lowest BCUT2D eigenvalue weighted by atomic mass is 9.35. The van der Waals surface area contributed by atoms with E-state index in [-0.39, 0.29) is 17.5 Å². The minimum Gasteiger partial charge on any atom is -0.458 e. The standard InChI is InChI=1S/C50H43BN2O/c1-49(2,3)32-26-28-38-46(30-32)54-47-31-33(50(4,5)6)27-29-39(47)51(38)48-44(52-40-20-11-7-16-34(40)35-17-8-12-21-41(35)52)24-15-25-45(48)53-42-22-13-9-18-36(42)37-19-10-14-23-43(37)53/h7-31H,1-6H3. The SMILES string of the molecule is CC(C)(C)c1ccc2c(c1)Oc1cc(C(C)(C)C)ccc1B2c1c(-n2c3ccccc3c3ccccc32)cccc1-n1c2ccccc2c2ccccc21. The maximum Gasteiger partial charge on any atom is 0.256 e. The van der Waals surface area contributed by atoms with E-state index in [0.717, 1.165) is 22.9 Å². The van der Waals surface area contributed by atoms with E-state index in [4.69, 9.17) is 4.74 Å². The lowest BCUT2D eigenvalue weighted by molar-refractivity contribution is 0.479. The molecule has 54 heavy (non-hydrogen) atoms. The smallest absolute Gasteiger partial charge is 0.256 e. The van der Waals surface area contributed by atoms with Crippen molar-refractivity contribution in [3.63, 3.8) is 0 Å². The minimum atomic E-state index is -0.127. The summed E-state index contributed by atoms with van der Waals surface area (Å²) in [5.41, 5.74) is 13.1. The second-order valence-electron chi connectivity index (χ2n) is 17.0. The van der Waals surface area contributed by atoms with Crippen molar-refractivity contribution in [2.24, 2.45) is 0 Å². The van der Waals surface area contributed by atoms with E-state index in [1.165, 1.54) is 71.1 Å². The van der Waals surface area contributed by atoms with E-state index in [9.17, 15) is 0 Å². The normalized spacial score (nSPS) is 13.1. The van der Waals surface area contributed by atoms with Gasteiger partial charge in [-0.1, -0.05) is 145 Å². The molecule has 10 rings (SSSR count). The molecule has 0 radical (unpaired) electrons. The highest BCUT2D eigenvalue weighted by atomic mass is 16.5. The lowest BCUT2D eigenvalue weighted by Gasteiger charge is -2.32. The van der Waals surface area contributed by atoms with Crippen molar-refractivity contribution < 1.29 is 4.74 Å². The van der Waals surface area contributed by atoms with Gasteiger partial charge in [0.15, 0.2) is 0 Å². The number of benzene rings is 7. The molecule has 0 saturated heterocycles. The van der Waals surface area contributed by atoms with Crippen molar-refractivity contribution >= 4 is 66.7 Å². The van der Waals surface area contributed by atoms with Crippen LogP contribution in [0.3, 0.4) is 0 Å². The summed E-state index contributed by atoms with van der Waals surface area (Å²) in [5.74, 6) is 1.85. The molecule has 1 aliphatic heterocycles. The third-order valence-corrected chi connectivity index (χ3v) is 11.6. The maximum absolute atomic E-state index is 7.03. The molecule has 4 heteroatoms. The second-order valence-corrected chi connectivity index (χ2v) is 17.0. The zero-order chi connectivity index (χ0) is 36.9. The molecule has 0 unspecified atom stereocenters. The number of nitrogens with zero attached hydrogens (tertiary/aromatic N) is 2. The third kappa shape index (κ3) is 4.89. The summed E-state index contributed by atoms with van der Waals surface area (Å²) in [6, 6.07) is 56.1. The number of hydrogen-bond donors (Lipinski definition) is 0. The van der Waals surface area contributed by atoms with Crippen LogP contribution < -0.4 is 21.1 Å². The Labute approximate surface area is 317 Å². The van der Waals surface area contributed by atoms with Crippen LogP contribution in [0.4, 0.5) is 0 Å². The number of para-hydroxylation sites is 4. The first-order chi connectivity index (χ1) is 26.1. The van der Waals surface area contributed by atoms with Gasteiger partial charge >= 0.3 is 0 Å². The Morgan fingerprint density at radius 2 is 0.759 bits per heavy atom. The van der Waals surface area contributed by atoms with Gasteiger partial charge in [0.05, 0.1) is 22.1 Å². The number of ether oxygens (including phenoxy) is 1. The number of hydrogen-bond acceptors (Lipinski definition) is 1. The molecule has 0 amide bonds. The van der Waals surface area contributed by atoms with Gasteiger partial charge in [-0.05, 0) is 86.9 Å². The summed E-state index contributed by atoms with van der Waals surface area (Å²) in [4.78, 5) is 0. The van der Waals surface area contributed by atoms with Gasteiger partial charge in [0.1, 0.15) is 11.5 Å². The summed E-state index contributed by atoms with van der Waals surface area (Å²) >= 11 is 0. The molecule has 9 aromatic rings. The molecule has 3 nitrogen and oxygen atoms in total. The predicted octanol–water partition coefficient (Wildman–Crippen LogP) is 11.1. The van der Waals surface area contributed by atoms with Crippen LogP contribution in [0.5, 0.6) is 11.5 Å². The monoisotopic (exact) mass is 698 g/mol. The van der Waals surface area contributed by atoms with Gasteiger partial charge in [0.25, 0.3) is 6.71 Å². The molecule has 262 valence electrons. The average molecular weight is 699 g/mol. The van der Waals surface area contributed by atoms with Gasteiger partial charge in [0.2, 0.25) is 0 Å². The number of fused-ring (bicyclic) bond motifs is 8. The molecule has 7 aromatic carbocycles. The third-order valence-electron chi connectivity index (χ3n) is 11.6. The van der Waals surface area contributed by atoms with E-state index in [1.807, 2.05) is 0 Å². The Morgan fingerprint density at radius 3 is 1.11 bits per heavy atom. The van der Waals surface area contributed by atoms with Crippen LogP contribution in [0, 0.1) is 0 Å². The van der Waals surface area contributed by atoms with Crippen LogP contribution in [-0.4, -0.2) is 15.8 Å². The van der Waals surface area contributed by atoms with Gasteiger partial charge < -0.3 is 13.9 Å². The maximum atomic E-state index is 7.03. The molecule has 0 bridgehead atoms. The van der Waals surface area contributed by atoms with Crippen molar-refractivity contribution in [2.75, 3.05) is 0 Å². The fourth-order valence-electron chi connectivity index (χ4n) is 8.84. The minimum absolute atomic E-state index is 0.0313. The van der Waals surface area contributed by atoms with E-state index in [1.54, 1.807) is 0 Å². The summed E-state index contributed by atoms with van der Waals surface area (Å²) < 4.78 is 12.0. The summed E-state index contributed by atoms with van der Waals surface area (Å²) in [5, 5.41) is 5.00. The van der Waals surface area contributed by atoms with Gasteiger partial charge in [-0.3, -0.25) is 0 Å². The van der Waals surface area contributed by atoms with Crippen LogP contribution in [0.25, 0.3) is 55.0 Å². The molecular formula is C50H43BN2O. The van der Waals surface area contributed by atoms with Crippen molar-refractivity contribution in [1.82, 2.24) is 9.13 Å². The van der Waals surface area contributed by atoms with Gasteiger partial charge in [-0.15, -0.1) is 0 Å². The van der Waals surface area contributed by atoms with Crippen LogP contribution in [-0.2, 0) is 10.8 Å². The Kier molecular flexibility index (Phi) is 7.10. The largest absolute Gasteiger partial charge is 0.458 e. The number of rotatable bonds is 3. The first-order valence-corrected chi connectivity index (χ1v) is 19.1.